The summed E-state index contributed by atoms with van der Waals surface area (Å²) in [5.41, 5.74) is 2.71. The number of ether oxygens (including phenoxy) is 1. The number of amides is 1. The van der Waals surface area contributed by atoms with Crippen LogP contribution in [0.3, 0.4) is 0 Å². The van der Waals surface area contributed by atoms with E-state index in [2.05, 4.69) is 15.5 Å². The Bertz CT molecular complexity index is 969. The van der Waals surface area contributed by atoms with E-state index in [-0.39, 0.29) is 18.1 Å². The molecule has 138 valence electrons. The minimum Gasteiger partial charge on any atom is -0.493 e. The molecule has 0 radical (unpaired) electrons. The van der Waals surface area contributed by atoms with E-state index in [9.17, 15) is 9.18 Å². The average molecular weight is 367 g/mol. The van der Waals surface area contributed by atoms with Gasteiger partial charge in [0.05, 0.1) is 13.0 Å². The molecule has 0 saturated heterocycles. The lowest BCUT2D eigenvalue weighted by molar-refractivity contribution is -0.121. The SMILES string of the molecule is CC(NC(=O)Cc1ccc2c(c1)CCO2)c1nc(-c2ccc(F)cc2)no1. The molecule has 2 aromatic carbocycles. The standard InChI is InChI=1S/C20H18FN3O3/c1-12(20-23-19(24-27-20)14-3-5-16(21)6-4-14)22-18(25)11-13-2-7-17-15(10-13)8-9-26-17/h2-7,10,12H,8-9,11H2,1H3,(H,22,25). The van der Waals surface area contributed by atoms with Crippen LogP contribution in [0.25, 0.3) is 11.4 Å². The Morgan fingerprint density at radius 3 is 2.89 bits per heavy atom. The number of rotatable bonds is 5. The number of fused-ring (bicyclic) bond motifs is 1. The summed E-state index contributed by atoms with van der Waals surface area (Å²) in [4.78, 5) is 16.6. The Balaban J connectivity index is 1.39. The van der Waals surface area contributed by atoms with Crippen LogP contribution in [-0.4, -0.2) is 22.7 Å². The van der Waals surface area contributed by atoms with Gasteiger partial charge in [-0.1, -0.05) is 17.3 Å². The number of hydrogen-bond acceptors (Lipinski definition) is 5. The highest BCUT2D eigenvalue weighted by molar-refractivity contribution is 5.79. The van der Waals surface area contributed by atoms with Crippen molar-refractivity contribution in [3.63, 3.8) is 0 Å². The minimum absolute atomic E-state index is 0.136. The number of carbonyl (C=O) groups is 1. The van der Waals surface area contributed by atoms with Gasteiger partial charge in [-0.05, 0) is 48.4 Å². The summed E-state index contributed by atoms with van der Waals surface area (Å²) in [5, 5.41) is 6.75. The first-order chi connectivity index (χ1) is 13.1. The molecule has 0 bridgehead atoms. The minimum atomic E-state index is -0.433. The molecule has 1 N–H and O–H groups in total. The lowest BCUT2D eigenvalue weighted by Gasteiger charge is -2.10. The second-order valence-electron chi connectivity index (χ2n) is 6.47. The first-order valence-electron chi connectivity index (χ1n) is 8.72. The molecule has 7 heteroatoms. The molecule has 27 heavy (non-hydrogen) atoms. The lowest BCUT2D eigenvalue weighted by atomic mass is 10.1. The van der Waals surface area contributed by atoms with E-state index in [1.54, 1.807) is 19.1 Å². The molecule has 0 saturated carbocycles. The summed E-state index contributed by atoms with van der Waals surface area (Å²) in [5.74, 6) is 1.07. The number of nitrogens with zero attached hydrogens (tertiary/aromatic N) is 2. The zero-order chi connectivity index (χ0) is 18.8. The van der Waals surface area contributed by atoms with Gasteiger partial charge in [-0.15, -0.1) is 0 Å². The van der Waals surface area contributed by atoms with Gasteiger partial charge in [0.1, 0.15) is 17.6 Å². The molecule has 1 unspecified atom stereocenters. The molecule has 1 aromatic heterocycles. The van der Waals surface area contributed by atoms with Crippen LogP contribution in [-0.2, 0) is 17.6 Å². The Morgan fingerprint density at radius 2 is 2.07 bits per heavy atom. The molecule has 3 aromatic rings. The van der Waals surface area contributed by atoms with E-state index >= 15 is 0 Å². The van der Waals surface area contributed by atoms with Gasteiger partial charge >= 0.3 is 0 Å². The fourth-order valence-electron chi connectivity index (χ4n) is 3.02. The van der Waals surface area contributed by atoms with Crippen molar-refractivity contribution in [3.8, 4) is 17.1 Å². The van der Waals surface area contributed by atoms with Gasteiger partial charge in [-0.2, -0.15) is 4.98 Å². The molecule has 0 fully saturated rings. The quantitative estimate of drug-likeness (QED) is 0.749. The maximum absolute atomic E-state index is 13.0. The van der Waals surface area contributed by atoms with Crippen LogP contribution < -0.4 is 10.1 Å². The number of nitrogens with one attached hydrogen (secondary N) is 1. The zero-order valence-electron chi connectivity index (χ0n) is 14.7. The van der Waals surface area contributed by atoms with Crippen molar-refractivity contribution >= 4 is 5.91 Å². The molecule has 1 amide bonds. The summed E-state index contributed by atoms with van der Waals surface area (Å²) in [6, 6.07) is 11.2. The number of benzene rings is 2. The highest BCUT2D eigenvalue weighted by Crippen LogP contribution is 2.26. The van der Waals surface area contributed by atoms with Crippen LogP contribution >= 0.6 is 0 Å². The van der Waals surface area contributed by atoms with Gasteiger partial charge in [0.25, 0.3) is 0 Å². The van der Waals surface area contributed by atoms with Crippen molar-refractivity contribution in [1.82, 2.24) is 15.5 Å². The van der Waals surface area contributed by atoms with Gasteiger partial charge in [0.15, 0.2) is 0 Å². The Hall–Kier alpha value is -3.22. The van der Waals surface area contributed by atoms with Crippen molar-refractivity contribution in [2.45, 2.75) is 25.8 Å². The van der Waals surface area contributed by atoms with Gasteiger partial charge < -0.3 is 14.6 Å². The van der Waals surface area contributed by atoms with Crippen molar-refractivity contribution in [2.24, 2.45) is 0 Å². The largest absolute Gasteiger partial charge is 0.493 e. The molecular formula is C20H18FN3O3. The fraction of sp³-hybridized carbons (Fsp3) is 0.250. The van der Waals surface area contributed by atoms with Gasteiger partial charge in [-0.25, -0.2) is 4.39 Å². The number of aromatic nitrogens is 2. The third kappa shape index (κ3) is 3.81. The van der Waals surface area contributed by atoms with Crippen LogP contribution in [0.15, 0.2) is 47.0 Å². The molecule has 1 aliphatic rings. The highest BCUT2D eigenvalue weighted by Gasteiger charge is 2.18. The molecule has 0 spiro atoms. The molecule has 1 aliphatic heterocycles. The van der Waals surface area contributed by atoms with Gasteiger partial charge in [0.2, 0.25) is 17.6 Å². The maximum atomic E-state index is 13.0. The second-order valence-corrected chi connectivity index (χ2v) is 6.47. The van der Waals surface area contributed by atoms with Gasteiger partial charge in [0, 0.05) is 12.0 Å². The molecule has 2 heterocycles. The number of carbonyl (C=O) groups excluding carboxylic acids is 1. The van der Waals surface area contributed by atoms with Crippen LogP contribution in [0.4, 0.5) is 4.39 Å². The van der Waals surface area contributed by atoms with Crippen LogP contribution in [0.2, 0.25) is 0 Å². The van der Waals surface area contributed by atoms with E-state index in [1.165, 1.54) is 12.1 Å². The van der Waals surface area contributed by atoms with Crippen LogP contribution in [0.5, 0.6) is 5.75 Å². The summed E-state index contributed by atoms with van der Waals surface area (Å²) >= 11 is 0. The second kappa shape index (κ2) is 7.19. The summed E-state index contributed by atoms with van der Waals surface area (Å²) in [7, 11) is 0. The molecule has 0 aliphatic carbocycles. The first-order valence-corrected chi connectivity index (χ1v) is 8.72. The van der Waals surface area contributed by atoms with Crippen molar-refractivity contribution in [3.05, 3.63) is 65.3 Å². The fourth-order valence-corrected chi connectivity index (χ4v) is 3.02. The van der Waals surface area contributed by atoms with E-state index in [0.717, 1.165) is 23.3 Å². The average Bonchev–Trinajstić information content (AvgIpc) is 3.31. The van der Waals surface area contributed by atoms with E-state index in [1.807, 2.05) is 18.2 Å². The molecular weight excluding hydrogens is 349 g/mol. The smallest absolute Gasteiger partial charge is 0.249 e. The van der Waals surface area contributed by atoms with Gasteiger partial charge in [-0.3, -0.25) is 4.79 Å². The zero-order valence-corrected chi connectivity index (χ0v) is 14.7. The van der Waals surface area contributed by atoms with Crippen molar-refractivity contribution < 1.29 is 18.4 Å². The molecule has 4 rings (SSSR count). The van der Waals surface area contributed by atoms with Crippen molar-refractivity contribution in [2.75, 3.05) is 6.61 Å². The van der Waals surface area contributed by atoms with Crippen LogP contribution in [0, 0.1) is 5.82 Å². The Kier molecular flexibility index (Phi) is 4.58. The normalized spacial score (nSPS) is 13.7. The van der Waals surface area contributed by atoms with Crippen LogP contribution in [0.1, 0.15) is 30.0 Å². The summed E-state index contributed by atoms with van der Waals surface area (Å²) < 4.78 is 23.7. The summed E-state index contributed by atoms with van der Waals surface area (Å²) in [6.45, 7) is 2.46. The number of halogens is 1. The third-order valence-electron chi connectivity index (χ3n) is 4.41. The Morgan fingerprint density at radius 1 is 1.26 bits per heavy atom. The summed E-state index contributed by atoms with van der Waals surface area (Å²) in [6.07, 6.45) is 1.13. The predicted octanol–water partition coefficient (Wildman–Crippen LogP) is 3.23. The van der Waals surface area contributed by atoms with E-state index in [0.29, 0.717) is 23.9 Å². The maximum Gasteiger partial charge on any atom is 0.249 e. The highest BCUT2D eigenvalue weighted by atomic mass is 19.1. The molecule has 6 nitrogen and oxygen atoms in total. The van der Waals surface area contributed by atoms with E-state index < -0.39 is 6.04 Å². The number of hydrogen-bond donors (Lipinski definition) is 1. The first kappa shape index (κ1) is 17.2. The molecule has 1 atom stereocenters. The monoisotopic (exact) mass is 367 g/mol. The van der Waals surface area contributed by atoms with Crippen molar-refractivity contribution in [1.29, 1.82) is 0 Å². The topological polar surface area (TPSA) is 77.2 Å². The lowest BCUT2D eigenvalue weighted by Crippen LogP contribution is -2.28. The third-order valence-corrected chi connectivity index (χ3v) is 4.41. The Labute approximate surface area is 155 Å². The van der Waals surface area contributed by atoms with E-state index in [4.69, 9.17) is 9.26 Å². The predicted molar refractivity (Wildman–Crippen MR) is 95.6 cm³/mol.